The van der Waals surface area contributed by atoms with Crippen LogP contribution in [0.2, 0.25) is 0 Å². The van der Waals surface area contributed by atoms with Crippen LogP contribution in [0.4, 0.5) is 5.88 Å². The van der Waals surface area contributed by atoms with Crippen molar-refractivity contribution in [1.82, 2.24) is 5.32 Å². The molecule has 0 saturated carbocycles. The first-order valence-corrected chi connectivity index (χ1v) is 6.48. The van der Waals surface area contributed by atoms with E-state index in [2.05, 4.69) is 10.6 Å². The molecule has 1 aromatic heterocycles. The predicted octanol–water partition coefficient (Wildman–Crippen LogP) is 1.17. The standard InChI is InChI=1S/C12H17N3O4S/c1-4-14-12(20)15-10-8(9(13)16)7(6(3)19-10)11(17)18-5-2/h4-5H2,1-3H3,(H2,13,16)(H2,14,15,20). The van der Waals surface area contributed by atoms with Crippen LogP contribution in [-0.4, -0.2) is 30.1 Å². The number of furan rings is 1. The Morgan fingerprint density at radius 1 is 1.35 bits per heavy atom. The number of nitrogens with two attached hydrogens (primary N) is 1. The molecule has 4 N–H and O–H groups in total. The van der Waals surface area contributed by atoms with E-state index in [0.29, 0.717) is 6.54 Å². The lowest BCUT2D eigenvalue weighted by atomic mass is 10.1. The van der Waals surface area contributed by atoms with E-state index in [1.54, 1.807) is 13.8 Å². The minimum atomic E-state index is -0.799. The average molecular weight is 299 g/mol. The van der Waals surface area contributed by atoms with E-state index in [1.165, 1.54) is 0 Å². The van der Waals surface area contributed by atoms with Crippen molar-refractivity contribution < 1.29 is 18.7 Å². The molecule has 7 nitrogen and oxygen atoms in total. The van der Waals surface area contributed by atoms with Crippen molar-refractivity contribution in [1.29, 1.82) is 0 Å². The van der Waals surface area contributed by atoms with Crippen LogP contribution in [0.25, 0.3) is 0 Å². The number of carbonyl (C=O) groups excluding carboxylic acids is 2. The maximum atomic E-state index is 11.8. The highest BCUT2D eigenvalue weighted by Crippen LogP contribution is 2.27. The summed E-state index contributed by atoms with van der Waals surface area (Å²) in [5, 5.41) is 5.79. The maximum absolute atomic E-state index is 11.8. The molecular weight excluding hydrogens is 282 g/mol. The summed E-state index contributed by atoms with van der Waals surface area (Å²) in [6.45, 7) is 5.85. The van der Waals surface area contributed by atoms with Gasteiger partial charge in [-0.25, -0.2) is 4.79 Å². The highest BCUT2D eigenvalue weighted by Gasteiger charge is 2.28. The molecule has 1 aromatic rings. The van der Waals surface area contributed by atoms with Crippen LogP contribution in [0.3, 0.4) is 0 Å². The molecule has 8 heteroatoms. The molecular formula is C12H17N3O4S. The average Bonchev–Trinajstić information content (AvgIpc) is 2.66. The molecule has 0 atom stereocenters. The summed E-state index contributed by atoms with van der Waals surface area (Å²) in [4.78, 5) is 23.4. The van der Waals surface area contributed by atoms with Gasteiger partial charge in [0.1, 0.15) is 16.9 Å². The fourth-order valence-electron chi connectivity index (χ4n) is 1.62. The lowest BCUT2D eigenvalue weighted by molar-refractivity contribution is 0.0521. The van der Waals surface area contributed by atoms with Crippen LogP contribution >= 0.6 is 12.2 Å². The summed E-state index contributed by atoms with van der Waals surface area (Å²) < 4.78 is 10.2. The molecule has 0 aliphatic heterocycles. The third kappa shape index (κ3) is 3.47. The van der Waals surface area contributed by atoms with Crippen LogP contribution in [0, 0.1) is 6.92 Å². The summed E-state index contributed by atoms with van der Waals surface area (Å²) in [5.41, 5.74) is 5.25. The van der Waals surface area contributed by atoms with Gasteiger partial charge in [-0.15, -0.1) is 0 Å². The normalized spacial score (nSPS) is 9.95. The first-order valence-electron chi connectivity index (χ1n) is 6.07. The fraction of sp³-hybridized carbons (Fsp3) is 0.417. The van der Waals surface area contributed by atoms with E-state index in [0.717, 1.165) is 0 Å². The number of esters is 1. The van der Waals surface area contributed by atoms with E-state index < -0.39 is 11.9 Å². The molecule has 0 aliphatic carbocycles. The number of amides is 1. The summed E-state index contributed by atoms with van der Waals surface area (Å²) in [6.07, 6.45) is 0. The van der Waals surface area contributed by atoms with Gasteiger partial charge < -0.3 is 25.5 Å². The van der Waals surface area contributed by atoms with Crippen LogP contribution in [0.5, 0.6) is 0 Å². The van der Waals surface area contributed by atoms with Crippen molar-refractivity contribution in [3.05, 3.63) is 16.9 Å². The minimum Gasteiger partial charge on any atom is -0.462 e. The van der Waals surface area contributed by atoms with Gasteiger partial charge in [-0.1, -0.05) is 0 Å². The molecule has 20 heavy (non-hydrogen) atoms. The van der Waals surface area contributed by atoms with Gasteiger partial charge in [-0.3, -0.25) is 4.79 Å². The molecule has 0 bridgehead atoms. The number of anilines is 1. The lowest BCUT2D eigenvalue weighted by Crippen LogP contribution is -2.29. The molecule has 1 rings (SSSR count). The van der Waals surface area contributed by atoms with Gasteiger partial charge in [-0.05, 0) is 33.0 Å². The number of thiocarbonyl (C=S) groups is 1. The zero-order chi connectivity index (χ0) is 15.3. The second kappa shape index (κ2) is 6.90. The Morgan fingerprint density at radius 2 is 2.00 bits per heavy atom. The SMILES string of the molecule is CCNC(=S)Nc1oc(C)c(C(=O)OCC)c1C(N)=O. The Kier molecular flexibility index (Phi) is 5.51. The zero-order valence-electron chi connectivity index (χ0n) is 11.5. The second-order valence-corrected chi connectivity index (χ2v) is 4.21. The van der Waals surface area contributed by atoms with E-state index in [1.807, 2.05) is 6.92 Å². The monoisotopic (exact) mass is 299 g/mol. The highest BCUT2D eigenvalue weighted by atomic mass is 32.1. The number of aryl methyl sites for hydroxylation is 1. The smallest absolute Gasteiger partial charge is 0.342 e. The van der Waals surface area contributed by atoms with E-state index in [4.69, 9.17) is 27.1 Å². The summed E-state index contributed by atoms with van der Waals surface area (Å²) in [6, 6.07) is 0. The summed E-state index contributed by atoms with van der Waals surface area (Å²) in [7, 11) is 0. The van der Waals surface area contributed by atoms with Gasteiger partial charge in [0, 0.05) is 6.54 Å². The Bertz CT molecular complexity index is 539. The number of rotatable bonds is 5. The maximum Gasteiger partial charge on any atom is 0.342 e. The molecule has 0 saturated heterocycles. The Balaban J connectivity index is 3.20. The third-order valence-electron chi connectivity index (χ3n) is 2.37. The first-order chi connectivity index (χ1) is 9.42. The number of hydrogen-bond acceptors (Lipinski definition) is 5. The highest BCUT2D eigenvalue weighted by molar-refractivity contribution is 7.80. The van der Waals surface area contributed by atoms with Crippen LogP contribution < -0.4 is 16.4 Å². The van der Waals surface area contributed by atoms with Crippen molar-refractivity contribution in [2.24, 2.45) is 5.73 Å². The number of nitrogens with one attached hydrogen (secondary N) is 2. The zero-order valence-corrected chi connectivity index (χ0v) is 12.3. The Morgan fingerprint density at radius 3 is 2.50 bits per heavy atom. The summed E-state index contributed by atoms with van der Waals surface area (Å²) >= 11 is 5.00. The Hall–Kier alpha value is -2.09. The van der Waals surface area contributed by atoms with Crippen molar-refractivity contribution in [3.8, 4) is 0 Å². The molecule has 0 aromatic carbocycles. The van der Waals surface area contributed by atoms with Gasteiger partial charge >= 0.3 is 5.97 Å². The third-order valence-corrected chi connectivity index (χ3v) is 2.62. The van der Waals surface area contributed by atoms with Crippen molar-refractivity contribution >= 4 is 35.1 Å². The minimum absolute atomic E-state index is 0.0150. The molecule has 0 unspecified atom stereocenters. The number of primary amides is 1. The van der Waals surface area contributed by atoms with Crippen molar-refractivity contribution in [2.45, 2.75) is 20.8 Å². The molecule has 1 amide bonds. The topological polar surface area (TPSA) is 107 Å². The largest absolute Gasteiger partial charge is 0.462 e. The fourth-order valence-corrected chi connectivity index (χ4v) is 1.86. The quantitative estimate of drug-likeness (QED) is 0.553. The van der Waals surface area contributed by atoms with E-state index in [-0.39, 0.29) is 34.5 Å². The van der Waals surface area contributed by atoms with Crippen LogP contribution in [-0.2, 0) is 4.74 Å². The van der Waals surface area contributed by atoms with Crippen LogP contribution in [0.1, 0.15) is 40.3 Å². The molecule has 0 aliphatic rings. The van der Waals surface area contributed by atoms with Gasteiger partial charge in [0.05, 0.1) is 6.61 Å². The molecule has 0 spiro atoms. The van der Waals surface area contributed by atoms with Gasteiger partial charge in [0.15, 0.2) is 5.11 Å². The molecule has 0 fully saturated rings. The predicted molar refractivity (Wildman–Crippen MR) is 77.8 cm³/mol. The van der Waals surface area contributed by atoms with E-state index >= 15 is 0 Å². The molecule has 0 radical (unpaired) electrons. The molecule has 110 valence electrons. The van der Waals surface area contributed by atoms with Crippen molar-refractivity contribution in [3.63, 3.8) is 0 Å². The second-order valence-electron chi connectivity index (χ2n) is 3.81. The van der Waals surface area contributed by atoms with E-state index in [9.17, 15) is 9.59 Å². The van der Waals surface area contributed by atoms with Gasteiger partial charge in [-0.2, -0.15) is 0 Å². The first kappa shape index (κ1) is 16.0. The molecule has 1 heterocycles. The Labute approximate surface area is 121 Å². The number of ether oxygens (including phenoxy) is 1. The van der Waals surface area contributed by atoms with Gasteiger partial charge in [0.2, 0.25) is 5.88 Å². The lowest BCUT2D eigenvalue weighted by Gasteiger charge is -2.07. The van der Waals surface area contributed by atoms with Gasteiger partial charge in [0.25, 0.3) is 5.91 Å². The summed E-state index contributed by atoms with van der Waals surface area (Å²) in [5.74, 6) is -1.19. The van der Waals surface area contributed by atoms with Crippen LogP contribution in [0.15, 0.2) is 4.42 Å². The number of carbonyl (C=O) groups is 2. The number of hydrogen-bond donors (Lipinski definition) is 3. The van der Waals surface area contributed by atoms with Crippen molar-refractivity contribution in [2.75, 3.05) is 18.5 Å².